The highest BCUT2D eigenvalue weighted by molar-refractivity contribution is 7.59. The van der Waals surface area contributed by atoms with Crippen molar-refractivity contribution in [3.8, 4) is 5.75 Å². The monoisotopic (exact) mass is 446 g/mol. The lowest BCUT2D eigenvalue weighted by molar-refractivity contribution is 0.0299. The Labute approximate surface area is 189 Å². The maximum absolute atomic E-state index is 11.6. The summed E-state index contributed by atoms with van der Waals surface area (Å²) in [7, 11) is 0. The molecule has 9 nitrogen and oxygen atoms in total. The van der Waals surface area contributed by atoms with Gasteiger partial charge in [-0.05, 0) is 37.5 Å². The molecule has 2 heterocycles. The van der Waals surface area contributed by atoms with E-state index >= 15 is 0 Å². The minimum Gasteiger partial charge on any atom is -0.489 e. The molecule has 1 atom stereocenters. The Morgan fingerprint density at radius 3 is 2.97 bits per heavy atom. The van der Waals surface area contributed by atoms with Gasteiger partial charge in [0.25, 0.3) is 5.91 Å². The van der Waals surface area contributed by atoms with E-state index in [0.29, 0.717) is 36.5 Å². The van der Waals surface area contributed by atoms with Gasteiger partial charge >= 0.3 is 0 Å². The Kier molecular flexibility index (Phi) is 7.80. The van der Waals surface area contributed by atoms with E-state index in [2.05, 4.69) is 32.8 Å². The van der Waals surface area contributed by atoms with Crippen molar-refractivity contribution in [3.63, 3.8) is 0 Å². The third-order valence-corrected chi connectivity index (χ3v) is 5.00. The molecule has 1 aliphatic heterocycles. The third-order valence-electron chi connectivity index (χ3n) is 5.00. The second-order valence-corrected chi connectivity index (χ2v) is 7.61. The number of primary amides is 1. The predicted octanol–water partition coefficient (Wildman–Crippen LogP) is 3.00. The molecule has 1 aromatic heterocycles. The molecule has 0 radical (unpaired) electrons. The van der Waals surface area contributed by atoms with Crippen LogP contribution in [-0.2, 0) is 4.74 Å². The Balaban J connectivity index is 0.00000272. The maximum Gasteiger partial charge on any atom is 0.254 e. The van der Waals surface area contributed by atoms with Gasteiger partial charge in [0.05, 0.1) is 11.3 Å². The fourth-order valence-electron chi connectivity index (χ4n) is 3.12. The molecule has 1 saturated carbocycles. The molecule has 0 saturated heterocycles. The first-order chi connectivity index (χ1) is 14.6. The fraction of sp³-hybridized carbons (Fsp3) is 0.476. The number of fused-ring (bicyclic) bond motifs is 1. The molecule has 4 rings (SSSR count). The van der Waals surface area contributed by atoms with Crippen molar-refractivity contribution < 1.29 is 14.3 Å². The summed E-state index contributed by atoms with van der Waals surface area (Å²) >= 11 is 0. The van der Waals surface area contributed by atoms with E-state index in [4.69, 9.17) is 15.2 Å². The lowest BCUT2D eigenvalue weighted by Crippen LogP contribution is -2.27. The number of ether oxygens (including phenoxy) is 2. The highest BCUT2D eigenvalue weighted by Gasteiger charge is 2.24. The van der Waals surface area contributed by atoms with Crippen LogP contribution in [0, 0.1) is 0 Å². The molecule has 0 bridgehead atoms. The Morgan fingerprint density at radius 1 is 1.39 bits per heavy atom. The fourth-order valence-corrected chi connectivity index (χ4v) is 3.12. The largest absolute Gasteiger partial charge is 0.489 e. The first-order valence-corrected chi connectivity index (χ1v) is 10.4. The summed E-state index contributed by atoms with van der Waals surface area (Å²) in [5.74, 6) is 1.08. The van der Waals surface area contributed by atoms with Gasteiger partial charge in [-0.15, -0.1) is 0 Å². The van der Waals surface area contributed by atoms with Gasteiger partial charge in [-0.1, -0.05) is 13.3 Å². The SMILES string of the molecule is CCCCO[C@H]1CNc2cc(Nc3ncc(C(N)=O)c(NC4CC4)n3)ccc2OC1.S. The Morgan fingerprint density at radius 2 is 2.23 bits per heavy atom. The number of carbonyl (C=O) groups excluding carboxylic acids is 1. The number of rotatable bonds is 9. The van der Waals surface area contributed by atoms with E-state index < -0.39 is 5.91 Å². The number of hydrogen-bond donors (Lipinski definition) is 4. The zero-order chi connectivity index (χ0) is 20.9. The van der Waals surface area contributed by atoms with Crippen LogP contribution in [0.15, 0.2) is 24.4 Å². The summed E-state index contributed by atoms with van der Waals surface area (Å²) in [6, 6.07) is 6.09. The van der Waals surface area contributed by atoms with Gasteiger partial charge in [0, 0.05) is 31.1 Å². The van der Waals surface area contributed by atoms with Crippen LogP contribution in [0.2, 0.25) is 0 Å². The Bertz CT molecular complexity index is 909. The molecule has 10 heteroatoms. The topological polar surface area (TPSA) is 123 Å². The zero-order valence-corrected chi connectivity index (χ0v) is 18.6. The standard InChI is InChI=1S/C21H28N6O3.H2S/c1-2-3-8-29-15-10-23-17-9-14(6-7-18(17)30-12-15)26-21-24-11-16(19(22)28)20(27-21)25-13-4-5-13;/h6-7,9,11,13,15,23H,2-5,8,10,12H2,1H3,(H2,22,28)(H2,24,25,26,27);1H2/t15-;/m0./s1. The number of nitrogens with two attached hydrogens (primary N) is 1. The lowest BCUT2D eigenvalue weighted by Gasteiger charge is -2.14. The van der Waals surface area contributed by atoms with Crippen LogP contribution in [0.3, 0.4) is 0 Å². The summed E-state index contributed by atoms with van der Waals surface area (Å²) in [6.45, 7) is 4.08. The number of anilines is 4. The van der Waals surface area contributed by atoms with E-state index in [1.807, 2.05) is 18.2 Å². The molecule has 5 N–H and O–H groups in total. The highest BCUT2D eigenvalue weighted by Crippen LogP contribution is 2.31. The number of nitrogens with one attached hydrogen (secondary N) is 3. The molecular weight excluding hydrogens is 416 g/mol. The first kappa shape index (κ1) is 23.0. The smallest absolute Gasteiger partial charge is 0.254 e. The maximum atomic E-state index is 11.6. The van der Waals surface area contributed by atoms with Crippen molar-refractivity contribution in [1.29, 1.82) is 0 Å². The van der Waals surface area contributed by atoms with Crippen molar-refractivity contribution in [1.82, 2.24) is 9.97 Å². The van der Waals surface area contributed by atoms with Crippen molar-refractivity contribution in [3.05, 3.63) is 30.0 Å². The van der Waals surface area contributed by atoms with Gasteiger partial charge in [0.1, 0.15) is 24.3 Å². The van der Waals surface area contributed by atoms with E-state index in [1.165, 1.54) is 6.20 Å². The molecular formula is C21H30N6O3S. The average Bonchev–Trinajstić information content (AvgIpc) is 3.56. The molecule has 1 amide bonds. The minimum absolute atomic E-state index is 0. The van der Waals surface area contributed by atoms with Gasteiger partial charge in [-0.2, -0.15) is 18.5 Å². The van der Waals surface area contributed by atoms with Crippen molar-refractivity contribution in [2.45, 2.75) is 44.8 Å². The number of nitrogens with zero attached hydrogens (tertiary/aromatic N) is 2. The summed E-state index contributed by atoms with van der Waals surface area (Å²) in [5, 5.41) is 9.82. The third kappa shape index (κ3) is 6.14. The number of carbonyl (C=O) groups is 1. The van der Waals surface area contributed by atoms with Crippen LogP contribution in [0.25, 0.3) is 0 Å². The number of unbranched alkanes of at least 4 members (excludes halogenated alkanes) is 1. The van der Waals surface area contributed by atoms with E-state index in [-0.39, 0.29) is 19.6 Å². The van der Waals surface area contributed by atoms with Crippen LogP contribution in [0.1, 0.15) is 43.0 Å². The normalized spacial score (nSPS) is 17.3. The van der Waals surface area contributed by atoms with Crippen molar-refractivity contribution in [2.24, 2.45) is 5.73 Å². The van der Waals surface area contributed by atoms with Crippen LogP contribution in [0.4, 0.5) is 23.1 Å². The molecule has 1 aromatic carbocycles. The molecule has 2 aromatic rings. The second-order valence-electron chi connectivity index (χ2n) is 7.61. The van der Waals surface area contributed by atoms with Crippen LogP contribution < -0.4 is 26.4 Å². The number of amides is 1. The molecule has 0 unspecified atom stereocenters. The van der Waals surface area contributed by atoms with Crippen LogP contribution >= 0.6 is 13.5 Å². The summed E-state index contributed by atoms with van der Waals surface area (Å²) in [6.07, 6.45) is 5.74. The average molecular weight is 447 g/mol. The summed E-state index contributed by atoms with van der Waals surface area (Å²) in [4.78, 5) is 20.3. The van der Waals surface area contributed by atoms with Gasteiger partial charge in [0.2, 0.25) is 5.95 Å². The molecule has 2 aliphatic rings. The number of hydrogen-bond acceptors (Lipinski definition) is 8. The Hall–Kier alpha value is -2.72. The molecule has 1 fully saturated rings. The van der Waals surface area contributed by atoms with Crippen molar-refractivity contribution in [2.75, 3.05) is 35.7 Å². The van der Waals surface area contributed by atoms with Crippen LogP contribution in [-0.4, -0.2) is 47.8 Å². The summed E-state index contributed by atoms with van der Waals surface area (Å²) < 4.78 is 11.8. The van der Waals surface area contributed by atoms with Crippen molar-refractivity contribution >= 4 is 42.5 Å². The predicted molar refractivity (Wildman–Crippen MR) is 126 cm³/mol. The molecule has 1 aliphatic carbocycles. The highest BCUT2D eigenvalue weighted by atomic mass is 32.1. The zero-order valence-electron chi connectivity index (χ0n) is 17.6. The van der Waals surface area contributed by atoms with E-state index in [0.717, 1.165) is 49.4 Å². The lowest BCUT2D eigenvalue weighted by atomic mass is 10.2. The first-order valence-electron chi connectivity index (χ1n) is 10.4. The quantitative estimate of drug-likeness (QED) is 0.434. The van der Waals surface area contributed by atoms with Gasteiger partial charge in [-0.3, -0.25) is 4.79 Å². The molecule has 31 heavy (non-hydrogen) atoms. The summed E-state index contributed by atoms with van der Waals surface area (Å²) in [5.41, 5.74) is 7.42. The number of benzene rings is 1. The van der Waals surface area contributed by atoms with E-state index in [1.54, 1.807) is 0 Å². The van der Waals surface area contributed by atoms with Crippen LogP contribution in [0.5, 0.6) is 5.75 Å². The molecule has 0 spiro atoms. The van der Waals surface area contributed by atoms with Gasteiger partial charge in [0.15, 0.2) is 0 Å². The number of aromatic nitrogens is 2. The van der Waals surface area contributed by atoms with Gasteiger partial charge < -0.3 is 31.2 Å². The van der Waals surface area contributed by atoms with E-state index in [9.17, 15) is 4.79 Å². The second kappa shape index (κ2) is 10.5. The molecule has 168 valence electrons. The minimum atomic E-state index is -0.549. The van der Waals surface area contributed by atoms with Gasteiger partial charge in [-0.25, -0.2) is 4.98 Å².